The summed E-state index contributed by atoms with van der Waals surface area (Å²) in [5.41, 5.74) is 0. The Labute approximate surface area is 132 Å². The third-order valence-corrected chi connectivity index (χ3v) is 5.11. The van der Waals surface area contributed by atoms with E-state index >= 15 is 0 Å². The molecule has 1 aromatic heterocycles. The summed E-state index contributed by atoms with van der Waals surface area (Å²) < 4.78 is 0. The van der Waals surface area contributed by atoms with Gasteiger partial charge in [-0.05, 0) is 45.0 Å². The van der Waals surface area contributed by atoms with Crippen LogP contribution in [0.5, 0.6) is 0 Å². The molecule has 1 atom stereocenters. The van der Waals surface area contributed by atoms with Crippen molar-refractivity contribution in [2.45, 2.75) is 45.7 Å². The first kappa shape index (κ1) is 16.3. The fourth-order valence-electron chi connectivity index (χ4n) is 2.89. The van der Waals surface area contributed by atoms with Gasteiger partial charge in [-0.2, -0.15) is 0 Å². The van der Waals surface area contributed by atoms with Crippen molar-refractivity contribution in [2.75, 3.05) is 26.7 Å². The molecule has 1 aliphatic rings. The molecule has 2 rings (SSSR count). The highest BCUT2D eigenvalue weighted by molar-refractivity contribution is 7.11. The highest BCUT2D eigenvalue weighted by atomic mass is 32.1. The minimum Gasteiger partial charge on any atom is -0.355 e. The number of aliphatic imine (C=N–C) groups is 1. The first-order valence-corrected chi connectivity index (χ1v) is 8.78. The molecule has 1 saturated heterocycles. The fourth-order valence-corrected chi connectivity index (χ4v) is 3.72. The maximum atomic E-state index is 4.33. The molecule has 0 bridgehead atoms. The normalized spacial score (nSPS) is 20.5. The predicted octanol–water partition coefficient (Wildman–Crippen LogP) is 2.60. The number of piperidine rings is 1. The van der Waals surface area contributed by atoms with Crippen LogP contribution in [0.1, 0.15) is 35.9 Å². The van der Waals surface area contributed by atoms with Gasteiger partial charge in [0.1, 0.15) is 0 Å². The Morgan fingerprint density at radius 1 is 1.38 bits per heavy atom. The number of nitrogens with zero attached hydrogens (tertiary/aromatic N) is 2. The molecule has 1 fully saturated rings. The lowest BCUT2D eigenvalue weighted by Crippen LogP contribution is -2.48. The van der Waals surface area contributed by atoms with Crippen molar-refractivity contribution in [1.82, 2.24) is 15.5 Å². The zero-order valence-electron chi connectivity index (χ0n) is 13.5. The molecular weight excluding hydrogens is 280 g/mol. The Balaban J connectivity index is 1.77. The van der Waals surface area contributed by atoms with Crippen LogP contribution in [0, 0.1) is 6.92 Å². The van der Waals surface area contributed by atoms with Crippen molar-refractivity contribution in [3.8, 4) is 0 Å². The van der Waals surface area contributed by atoms with Gasteiger partial charge in [-0.1, -0.05) is 13.3 Å². The summed E-state index contributed by atoms with van der Waals surface area (Å²) in [5, 5.41) is 6.88. The second kappa shape index (κ2) is 8.39. The van der Waals surface area contributed by atoms with E-state index in [9.17, 15) is 0 Å². The molecule has 0 radical (unpaired) electrons. The molecule has 1 unspecified atom stereocenters. The Morgan fingerprint density at radius 2 is 2.24 bits per heavy atom. The summed E-state index contributed by atoms with van der Waals surface area (Å²) in [5.74, 6) is 0.905. The van der Waals surface area contributed by atoms with E-state index in [2.05, 4.69) is 46.5 Å². The van der Waals surface area contributed by atoms with Gasteiger partial charge in [0.05, 0.1) is 6.54 Å². The number of hydrogen-bond donors (Lipinski definition) is 2. The molecule has 0 aromatic carbocycles. The van der Waals surface area contributed by atoms with Gasteiger partial charge in [-0.25, -0.2) is 0 Å². The van der Waals surface area contributed by atoms with E-state index < -0.39 is 0 Å². The highest BCUT2D eigenvalue weighted by Gasteiger charge is 2.20. The lowest BCUT2D eigenvalue weighted by Gasteiger charge is -2.35. The van der Waals surface area contributed by atoms with Crippen LogP contribution in [-0.2, 0) is 6.54 Å². The molecule has 21 heavy (non-hydrogen) atoms. The molecule has 0 aliphatic carbocycles. The largest absolute Gasteiger partial charge is 0.355 e. The first-order valence-electron chi connectivity index (χ1n) is 7.96. The third-order valence-electron chi connectivity index (χ3n) is 4.11. The molecule has 1 aromatic rings. The summed E-state index contributed by atoms with van der Waals surface area (Å²) in [4.78, 5) is 9.61. The van der Waals surface area contributed by atoms with Crippen LogP contribution in [0.4, 0.5) is 0 Å². The molecule has 0 amide bonds. The molecule has 2 heterocycles. The molecule has 2 N–H and O–H groups in total. The molecule has 0 saturated carbocycles. The van der Waals surface area contributed by atoms with Gasteiger partial charge in [-0.15, -0.1) is 11.3 Å². The van der Waals surface area contributed by atoms with E-state index in [-0.39, 0.29) is 0 Å². The molecule has 118 valence electrons. The minimum absolute atomic E-state index is 0.645. The lowest BCUT2D eigenvalue weighted by atomic mass is 10.0. The number of likely N-dealkylation sites (N-methyl/N-ethyl adjacent to an activating group) is 1. The van der Waals surface area contributed by atoms with E-state index in [0.717, 1.165) is 25.6 Å². The van der Waals surface area contributed by atoms with E-state index in [1.165, 1.54) is 35.6 Å². The van der Waals surface area contributed by atoms with Crippen molar-refractivity contribution in [2.24, 2.45) is 4.99 Å². The second-order valence-corrected chi connectivity index (χ2v) is 6.97. The van der Waals surface area contributed by atoms with Crippen molar-refractivity contribution in [3.63, 3.8) is 0 Å². The smallest absolute Gasteiger partial charge is 0.191 e. The number of likely N-dealkylation sites (tertiary alicyclic amines) is 1. The summed E-state index contributed by atoms with van der Waals surface area (Å²) >= 11 is 1.84. The third kappa shape index (κ3) is 5.00. The predicted molar refractivity (Wildman–Crippen MR) is 92.1 cm³/mol. The zero-order chi connectivity index (χ0) is 15.1. The van der Waals surface area contributed by atoms with Crippen LogP contribution in [0.3, 0.4) is 0 Å². The minimum atomic E-state index is 0.645. The van der Waals surface area contributed by atoms with Gasteiger partial charge in [0.2, 0.25) is 0 Å². The van der Waals surface area contributed by atoms with Gasteiger partial charge < -0.3 is 10.6 Å². The summed E-state index contributed by atoms with van der Waals surface area (Å²) in [6, 6.07) is 4.99. The summed E-state index contributed by atoms with van der Waals surface area (Å²) in [6.07, 6.45) is 3.99. The van der Waals surface area contributed by atoms with Crippen LogP contribution >= 0.6 is 11.3 Å². The number of thiophene rings is 1. The van der Waals surface area contributed by atoms with Crippen molar-refractivity contribution >= 4 is 17.3 Å². The van der Waals surface area contributed by atoms with Crippen LogP contribution in [0.15, 0.2) is 17.1 Å². The molecule has 4 nitrogen and oxygen atoms in total. The van der Waals surface area contributed by atoms with E-state index in [1.807, 2.05) is 18.4 Å². The number of nitrogens with one attached hydrogen (secondary N) is 2. The van der Waals surface area contributed by atoms with Gasteiger partial charge in [0, 0.05) is 29.4 Å². The SMILES string of the molecule is CCN1CCCCC1CNC(=NC)NCc1ccc(C)s1. The van der Waals surface area contributed by atoms with Crippen LogP contribution in [0.25, 0.3) is 0 Å². The van der Waals surface area contributed by atoms with Crippen molar-refractivity contribution < 1.29 is 0 Å². The summed E-state index contributed by atoms with van der Waals surface area (Å²) in [6.45, 7) is 8.61. The highest BCUT2D eigenvalue weighted by Crippen LogP contribution is 2.16. The monoisotopic (exact) mass is 308 g/mol. The first-order chi connectivity index (χ1) is 10.2. The second-order valence-electron chi connectivity index (χ2n) is 5.60. The van der Waals surface area contributed by atoms with Gasteiger partial charge >= 0.3 is 0 Å². The zero-order valence-corrected chi connectivity index (χ0v) is 14.3. The van der Waals surface area contributed by atoms with Crippen molar-refractivity contribution in [1.29, 1.82) is 0 Å². The fraction of sp³-hybridized carbons (Fsp3) is 0.688. The topological polar surface area (TPSA) is 39.7 Å². The maximum Gasteiger partial charge on any atom is 0.191 e. The number of rotatable bonds is 5. The average Bonchev–Trinajstić information content (AvgIpc) is 2.93. The average molecular weight is 308 g/mol. The van der Waals surface area contributed by atoms with Gasteiger partial charge in [0.25, 0.3) is 0 Å². The van der Waals surface area contributed by atoms with E-state index in [4.69, 9.17) is 0 Å². The van der Waals surface area contributed by atoms with Gasteiger partial charge in [0.15, 0.2) is 5.96 Å². The molecule has 1 aliphatic heterocycles. The Bertz CT molecular complexity index is 455. The van der Waals surface area contributed by atoms with Gasteiger partial charge in [-0.3, -0.25) is 9.89 Å². The van der Waals surface area contributed by atoms with Crippen LogP contribution < -0.4 is 10.6 Å². The number of guanidine groups is 1. The molecule has 0 spiro atoms. The molecule has 5 heteroatoms. The van der Waals surface area contributed by atoms with E-state index in [1.54, 1.807) is 0 Å². The maximum absolute atomic E-state index is 4.33. The van der Waals surface area contributed by atoms with E-state index in [0.29, 0.717) is 6.04 Å². The number of aryl methyl sites for hydroxylation is 1. The standard InChI is InChI=1S/C16H28N4S/c1-4-20-10-6-5-7-14(20)11-18-16(17-3)19-12-15-9-8-13(2)21-15/h8-9,14H,4-7,10-12H2,1-3H3,(H2,17,18,19). The van der Waals surface area contributed by atoms with Crippen molar-refractivity contribution in [3.05, 3.63) is 21.9 Å². The number of hydrogen-bond acceptors (Lipinski definition) is 3. The Kier molecular flexibility index (Phi) is 6.51. The Hall–Kier alpha value is -1.07. The van der Waals surface area contributed by atoms with Crippen LogP contribution in [-0.4, -0.2) is 43.6 Å². The quantitative estimate of drug-likeness (QED) is 0.649. The molecular formula is C16H28N4S. The lowest BCUT2D eigenvalue weighted by molar-refractivity contribution is 0.157. The summed E-state index contributed by atoms with van der Waals surface area (Å²) in [7, 11) is 1.84. The Morgan fingerprint density at radius 3 is 2.90 bits per heavy atom. The van der Waals surface area contributed by atoms with Crippen LogP contribution in [0.2, 0.25) is 0 Å².